The molecule has 4 nitrogen and oxygen atoms in total. The van der Waals surface area contributed by atoms with Gasteiger partial charge in [0, 0.05) is 12.5 Å². The third-order valence-electron chi connectivity index (χ3n) is 2.16. The molecule has 0 fully saturated rings. The third kappa shape index (κ3) is 2.05. The Labute approximate surface area is 105 Å². The lowest BCUT2D eigenvalue weighted by Gasteiger charge is -1.96. The van der Waals surface area contributed by atoms with E-state index in [4.69, 9.17) is 14.3 Å². The number of aromatic carboxylic acids is 1. The summed E-state index contributed by atoms with van der Waals surface area (Å²) in [4.78, 5) is 10.9. The van der Waals surface area contributed by atoms with Crippen molar-refractivity contribution in [3.63, 3.8) is 0 Å². The van der Waals surface area contributed by atoms with Crippen LogP contribution in [0.2, 0.25) is 0 Å². The standard InChI is InChI=1S/C11H9IO4/c1-15-5-8-3-6-2-7(11(13)14)4-9(12)10(6)16-8/h2-4H,5H2,1H3,(H,13,14). The van der Waals surface area contributed by atoms with Crippen molar-refractivity contribution in [3.8, 4) is 0 Å². The molecule has 1 heterocycles. The summed E-state index contributed by atoms with van der Waals surface area (Å²) in [5.41, 5.74) is 0.972. The van der Waals surface area contributed by atoms with Crippen molar-refractivity contribution < 1.29 is 19.1 Å². The monoisotopic (exact) mass is 332 g/mol. The molecule has 0 saturated carbocycles. The fourth-order valence-electron chi connectivity index (χ4n) is 1.50. The highest BCUT2D eigenvalue weighted by molar-refractivity contribution is 14.1. The first-order valence-electron chi connectivity index (χ1n) is 4.56. The number of carboxylic acid groups (broad SMARTS) is 1. The molecular weight excluding hydrogens is 323 g/mol. The van der Waals surface area contributed by atoms with Gasteiger partial charge in [-0.25, -0.2) is 4.79 Å². The molecule has 1 aromatic heterocycles. The number of rotatable bonds is 3. The quantitative estimate of drug-likeness (QED) is 0.878. The van der Waals surface area contributed by atoms with Crippen LogP contribution >= 0.6 is 22.6 Å². The van der Waals surface area contributed by atoms with Crippen molar-refractivity contribution in [3.05, 3.63) is 33.1 Å². The summed E-state index contributed by atoms with van der Waals surface area (Å²) in [6, 6.07) is 4.99. The average molecular weight is 332 g/mol. The van der Waals surface area contributed by atoms with Crippen LogP contribution < -0.4 is 0 Å². The highest BCUT2D eigenvalue weighted by atomic mass is 127. The van der Waals surface area contributed by atoms with Crippen molar-refractivity contribution in [2.75, 3.05) is 7.11 Å². The summed E-state index contributed by atoms with van der Waals surface area (Å²) in [5.74, 6) is -0.243. The second kappa shape index (κ2) is 4.42. The van der Waals surface area contributed by atoms with Crippen LogP contribution in [-0.4, -0.2) is 18.2 Å². The van der Waals surface area contributed by atoms with Gasteiger partial charge in [0.25, 0.3) is 0 Å². The Kier molecular flexibility index (Phi) is 3.15. The van der Waals surface area contributed by atoms with Crippen molar-refractivity contribution >= 4 is 39.5 Å². The van der Waals surface area contributed by atoms with Gasteiger partial charge >= 0.3 is 5.97 Å². The van der Waals surface area contributed by atoms with E-state index in [9.17, 15) is 4.79 Å². The van der Waals surface area contributed by atoms with Crippen LogP contribution in [-0.2, 0) is 11.3 Å². The second-order valence-electron chi connectivity index (χ2n) is 3.33. The van der Waals surface area contributed by atoms with Crippen molar-refractivity contribution in [2.24, 2.45) is 0 Å². The number of benzene rings is 1. The van der Waals surface area contributed by atoms with E-state index in [1.54, 1.807) is 25.3 Å². The average Bonchev–Trinajstić information content (AvgIpc) is 2.61. The lowest BCUT2D eigenvalue weighted by atomic mass is 10.1. The topological polar surface area (TPSA) is 59.7 Å². The molecule has 0 aliphatic heterocycles. The highest BCUT2D eigenvalue weighted by Gasteiger charge is 2.11. The predicted octanol–water partition coefficient (Wildman–Crippen LogP) is 2.88. The normalized spacial score (nSPS) is 10.9. The van der Waals surface area contributed by atoms with E-state index >= 15 is 0 Å². The van der Waals surface area contributed by atoms with Gasteiger partial charge in [0.15, 0.2) is 0 Å². The summed E-state index contributed by atoms with van der Waals surface area (Å²) in [5, 5.41) is 9.71. The largest absolute Gasteiger partial charge is 0.478 e. The van der Waals surface area contributed by atoms with Gasteiger partial charge in [-0.05, 0) is 40.8 Å². The number of ether oxygens (including phenoxy) is 1. The summed E-state index contributed by atoms with van der Waals surface area (Å²) in [6.45, 7) is 0.382. The van der Waals surface area contributed by atoms with Crippen molar-refractivity contribution in [1.82, 2.24) is 0 Å². The molecule has 0 aliphatic rings. The SMILES string of the molecule is COCc1cc2cc(C(=O)O)cc(I)c2o1. The number of halogens is 1. The van der Waals surface area contributed by atoms with Gasteiger partial charge in [-0.2, -0.15) is 0 Å². The molecule has 0 amide bonds. The van der Waals surface area contributed by atoms with Gasteiger partial charge in [0.1, 0.15) is 18.0 Å². The van der Waals surface area contributed by atoms with Crippen LogP contribution in [0.25, 0.3) is 11.0 Å². The van der Waals surface area contributed by atoms with Gasteiger partial charge in [-0.1, -0.05) is 0 Å². The van der Waals surface area contributed by atoms with Crippen LogP contribution in [0.3, 0.4) is 0 Å². The van der Waals surface area contributed by atoms with Crippen LogP contribution in [0.15, 0.2) is 22.6 Å². The molecule has 2 rings (SSSR count). The summed E-state index contributed by atoms with van der Waals surface area (Å²) < 4.78 is 11.3. The van der Waals surface area contributed by atoms with E-state index in [1.807, 2.05) is 0 Å². The molecule has 0 bridgehead atoms. The zero-order valence-corrected chi connectivity index (χ0v) is 10.6. The third-order valence-corrected chi connectivity index (χ3v) is 2.96. The Morgan fingerprint density at radius 2 is 2.25 bits per heavy atom. The van der Waals surface area contributed by atoms with Crippen molar-refractivity contribution in [2.45, 2.75) is 6.61 Å². The number of hydrogen-bond acceptors (Lipinski definition) is 3. The molecule has 5 heteroatoms. The maximum Gasteiger partial charge on any atom is 0.335 e. The van der Waals surface area contributed by atoms with Crippen LogP contribution in [0, 0.1) is 3.57 Å². The molecule has 84 valence electrons. The number of carbonyl (C=O) groups is 1. The van der Waals surface area contributed by atoms with E-state index in [1.165, 1.54) is 0 Å². The maximum atomic E-state index is 10.9. The minimum absolute atomic E-state index is 0.265. The Morgan fingerprint density at radius 1 is 1.50 bits per heavy atom. The van der Waals surface area contributed by atoms with E-state index in [0.29, 0.717) is 18.0 Å². The van der Waals surface area contributed by atoms with E-state index in [2.05, 4.69) is 22.6 Å². The molecule has 1 aromatic carbocycles. The van der Waals surface area contributed by atoms with Gasteiger partial charge in [0.05, 0.1) is 9.13 Å². The lowest BCUT2D eigenvalue weighted by Crippen LogP contribution is -1.96. The van der Waals surface area contributed by atoms with Crippen LogP contribution in [0.5, 0.6) is 0 Å². The van der Waals surface area contributed by atoms with E-state index in [0.717, 1.165) is 8.96 Å². The summed E-state index contributed by atoms with van der Waals surface area (Å²) in [7, 11) is 1.58. The van der Waals surface area contributed by atoms with Gasteiger partial charge in [-0.15, -0.1) is 0 Å². The van der Waals surface area contributed by atoms with Gasteiger partial charge < -0.3 is 14.3 Å². The maximum absolute atomic E-state index is 10.9. The molecule has 0 saturated heterocycles. The van der Waals surface area contributed by atoms with Crippen LogP contribution in [0.4, 0.5) is 0 Å². The first-order chi connectivity index (χ1) is 7.61. The molecule has 0 spiro atoms. The Hall–Kier alpha value is -1.08. The molecule has 0 radical (unpaired) electrons. The fraction of sp³-hybridized carbons (Fsp3) is 0.182. The number of methoxy groups -OCH3 is 1. The number of fused-ring (bicyclic) bond motifs is 1. The van der Waals surface area contributed by atoms with Crippen molar-refractivity contribution in [1.29, 1.82) is 0 Å². The lowest BCUT2D eigenvalue weighted by molar-refractivity contribution is 0.0697. The van der Waals surface area contributed by atoms with Gasteiger partial charge in [-0.3, -0.25) is 0 Å². The van der Waals surface area contributed by atoms with E-state index < -0.39 is 5.97 Å². The van der Waals surface area contributed by atoms with Gasteiger partial charge in [0.2, 0.25) is 0 Å². The number of hydrogen-bond donors (Lipinski definition) is 1. The Balaban J connectivity index is 2.58. The minimum Gasteiger partial charge on any atom is -0.478 e. The molecule has 16 heavy (non-hydrogen) atoms. The molecule has 0 aliphatic carbocycles. The van der Waals surface area contributed by atoms with Crippen LogP contribution in [0.1, 0.15) is 16.1 Å². The highest BCUT2D eigenvalue weighted by Crippen LogP contribution is 2.26. The predicted molar refractivity (Wildman–Crippen MR) is 66.6 cm³/mol. The smallest absolute Gasteiger partial charge is 0.335 e. The molecule has 0 atom stereocenters. The number of furan rings is 1. The first-order valence-corrected chi connectivity index (χ1v) is 5.64. The number of carboxylic acids is 1. The molecule has 2 aromatic rings. The second-order valence-corrected chi connectivity index (χ2v) is 4.49. The summed E-state index contributed by atoms with van der Waals surface area (Å²) in [6.07, 6.45) is 0. The zero-order valence-electron chi connectivity index (χ0n) is 8.49. The Morgan fingerprint density at radius 3 is 2.88 bits per heavy atom. The minimum atomic E-state index is -0.936. The van der Waals surface area contributed by atoms with E-state index in [-0.39, 0.29) is 5.56 Å². The fourth-order valence-corrected chi connectivity index (χ4v) is 2.26. The summed E-state index contributed by atoms with van der Waals surface area (Å²) >= 11 is 2.06. The first kappa shape index (κ1) is 11.4. The zero-order chi connectivity index (χ0) is 11.7. The Bertz CT molecular complexity index is 544. The molecule has 1 N–H and O–H groups in total. The molecule has 0 unspecified atom stereocenters. The molecular formula is C11H9IO4.